The number of hydrogen-bond donors (Lipinski definition) is 0. The molecule has 9 aromatic carbocycles. The molecule has 58 heavy (non-hydrogen) atoms. The lowest BCUT2D eigenvalue weighted by molar-refractivity contribution is 1.14. The van der Waals surface area contributed by atoms with Crippen LogP contribution in [-0.2, 0) is 0 Å². The van der Waals surface area contributed by atoms with Gasteiger partial charge in [0.05, 0.1) is 44.1 Å². The molecule has 0 spiro atoms. The zero-order valence-corrected chi connectivity index (χ0v) is 31.4. The molecular formula is C54H34N4. The van der Waals surface area contributed by atoms with Crippen LogP contribution in [0.15, 0.2) is 206 Å². The second-order valence-corrected chi connectivity index (χ2v) is 15.3. The van der Waals surface area contributed by atoms with Gasteiger partial charge >= 0.3 is 0 Å². The topological polar surface area (TPSA) is 19.7 Å². The molecule has 4 heterocycles. The maximum absolute atomic E-state index is 2.50. The molecule has 0 aliphatic carbocycles. The third-order valence-electron chi connectivity index (χ3n) is 12.3. The summed E-state index contributed by atoms with van der Waals surface area (Å²) in [5, 5.41) is 10.00. The normalized spacial score (nSPS) is 12.1. The van der Waals surface area contributed by atoms with Crippen LogP contribution in [0.5, 0.6) is 0 Å². The summed E-state index contributed by atoms with van der Waals surface area (Å²) in [5.74, 6) is 0. The van der Waals surface area contributed by atoms with Crippen LogP contribution in [0.4, 0.5) is 0 Å². The number of para-hydroxylation sites is 6. The predicted molar refractivity (Wildman–Crippen MR) is 244 cm³/mol. The Kier molecular flexibility index (Phi) is 6.41. The number of aromatic nitrogens is 4. The molecule has 13 aromatic rings. The van der Waals surface area contributed by atoms with Gasteiger partial charge in [-0.3, -0.25) is 0 Å². The Morgan fingerprint density at radius 2 is 0.552 bits per heavy atom. The Morgan fingerprint density at radius 1 is 0.207 bits per heavy atom. The molecule has 0 aliphatic heterocycles. The number of benzene rings is 9. The van der Waals surface area contributed by atoms with Crippen molar-refractivity contribution in [3.05, 3.63) is 206 Å². The van der Waals surface area contributed by atoms with E-state index < -0.39 is 0 Å². The van der Waals surface area contributed by atoms with Crippen LogP contribution in [0.25, 0.3) is 110 Å². The summed E-state index contributed by atoms with van der Waals surface area (Å²) in [7, 11) is 0. The van der Waals surface area contributed by atoms with Gasteiger partial charge in [0.2, 0.25) is 0 Å². The van der Waals surface area contributed by atoms with Crippen molar-refractivity contribution in [1.29, 1.82) is 0 Å². The minimum Gasteiger partial charge on any atom is -0.309 e. The van der Waals surface area contributed by atoms with Gasteiger partial charge < -0.3 is 18.3 Å². The summed E-state index contributed by atoms with van der Waals surface area (Å²) in [6.45, 7) is 0. The van der Waals surface area contributed by atoms with Crippen molar-refractivity contribution >= 4 is 87.2 Å². The maximum Gasteiger partial charge on any atom is 0.0641 e. The van der Waals surface area contributed by atoms with Gasteiger partial charge in [-0.1, -0.05) is 127 Å². The molecule has 0 unspecified atom stereocenters. The molecule has 0 N–H and O–H groups in total. The van der Waals surface area contributed by atoms with Crippen LogP contribution in [0.1, 0.15) is 0 Å². The Labute approximate surface area is 333 Å². The van der Waals surface area contributed by atoms with Gasteiger partial charge in [-0.25, -0.2) is 0 Å². The smallest absolute Gasteiger partial charge is 0.0641 e. The minimum absolute atomic E-state index is 1.12. The highest BCUT2D eigenvalue weighted by Gasteiger charge is 2.23. The Hall–Kier alpha value is -7.82. The average Bonchev–Trinajstić information content (AvgIpc) is 4.02. The lowest BCUT2D eigenvalue weighted by Crippen LogP contribution is -1.99. The van der Waals surface area contributed by atoms with Gasteiger partial charge in [-0.05, 0) is 78.9 Å². The van der Waals surface area contributed by atoms with Crippen LogP contribution in [0.3, 0.4) is 0 Å². The average molecular weight is 739 g/mol. The highest BCUT2D eigenvalue weighted by atomic mass is 15.0. The van der Waals surface area contributed by atoms with E-state index in [1.165, 1.54) is 87.2 Å². The van der Waals surface area contributed by atoms with Crippen molar-refractivity contribution < 1.29 is 0 Å². The summed E-state index contributed by atoms with van der Waals surface area (Å²) in [5.41, 5.74) is 14.2. The predicted octanol–water partition coefficient (Wildman–Crippen LogP) is 14.1. The molecule has 0 amide bonds. The molecule has 270 valence electrons. The summed E-state index contributed by atoms with van der Waals surface area (Å²) in [6.07, 6.45) is 0. The van der Waals surface area contributed by atoms with E-state index in [0.29, 0.717) is 0 Å². The fraction of sp³-hybridized carbons (Fsp3) is 0. The molecule has 4 aromatic heterocycles. The van der Waals surface area contributed by atoms with Gasteiger partial charge in [0.25, 0.3) is 0 Å². The highest BCUT2D eigenvalue weighted by molar-refractivity contribution is 6.27. The standard InChI is InChI=1S/C54H34N4/c1-3-16-35(17-4-1)55-47-28-13-9-24-43(47)51-49(55)32-30-42-40-23-8-12-27-46(40)58(54(42)51)38-21-15-20-37(34-38)56-48-29-14-10-25-44(48)52-50(56)33-31-41-39-22-7-11-26-45(39)57(53(41)52)36-18-5-2-6-19-36/h1-34H. The van der Waals surface area contributed by atoms with E-state index in [2.05, 4.69) is 225 Å². The van der Waals surface area contributed by atoms with Crippen molar-refractivity contribution in [3.8, 4) is 22.7 Å². The largest absolute Gasteiger partial charge is 0.309 e. The molecule has 0 bridgehead atoms. The molecule has 0 fully saturated rings. The number of fused-ring (bicyclic) bond motifs is 14. The first kappa shape index (κ1) is 31.4. The van der Waals surface area contributed by atoms with Gasteiger partial charge in [0.1, 0.15) is 0 Å². The van der Waals surface area contributed by atoms with Gasteiger partial charge in [0.15, 0.2) is 0 Å². The quantitative estimate of drug-likeness (QED) is 0.171. The third-order valence-corrected chi connectivity index (χ3v) is 12.3. The second-order valence-electron chi connectivity index (χ2n) is 15.3. The first-order valence-electron chi connectivity index (χ1n) is 20.0. The van der Waals surface area contributed by atoms with E-state index in [1.807, 2.05) is 0 Å². The van der Waals surface area contributed by atoms with Crippen LogP contribution in [0, 0.1) is 0 Å². The van der Waals surface area contributed by atoms with Crippen molar-refractivity contribution in [2.75, 3.05) is 0 Å². The van der Waals surface area contributed by atoms with Crippen LogP contribution in [0.2, 0.25) is 0 Å². The Morgan fingerprint density at radius 3 is 1.05 bits per heavy atom. The molecule has 0 saturated carbocycles. The van der Waals surface area contributed by atoms with Crippen LogP contribution < -0.4 is 0 Å². The maximum atomic E-state index is 2.50. The molecule has 4 nitrogen and oxygen atoms in total. The van der Waals surface area contributed by atoms with E-state index in [1.54, 1.807) is 0 Å². The lowest BCUT2D eigenvalue weighted by atomic mass is 10.1. The van der Waals surface area contributed by atoms with Crippen molar-refractivity contribution in [3.63, 3.8) is 0 Å². The van der Waals surface area contributed by atoms with Crippen molar-refractivity contribution in [2.45, 2.75) is 0 Å². The third kappa shape index (κ3) is 4.18. The van der Waals surface area contributed by atoms with Crippen molar-refractivity contribution in [2.24, 2.45) is 0 Å². The van der Waals surface area contributed by atoms with E-state index in [9.17, 15) is 0 Å². The van der Waals surface area contributed by atoms with Crippen LogP contribution in [-0.4, -0.2) is 18.3 Å². The van der Waals surface area contributed by atoms with Crippen molar-refractivity contribution in [1.82, 2.24) is 18.3 Å². The number of rotatable bonds is 4. The Balaban J connectivity index is 1.13. The molecular weight excluding hydrogens is 705 g/mol. The second kappa shape index (κ2) is 11.8. The zero-order chi connectivity index (χ0) is 37.9. The zero-order valence-electron chi connectivity index (χ0n) is 31.4. The summed E-state index contributed by atoms with van der Waals surface area (Å²) in [4.78, 5) is 0. The highest BCUT2D eigenvalue weighted by Crippen LogP contribution is 2.44. The van der Waals surface area contributed by atoms with Gasteiger partial charge in [-0.15, -0.1) is 0 Å². The first-order chi connectivity index (χ1) is 28.8. The monoisotopic (exact) mass is 738 g/mol. The Bertz CT molecular complexity index is 3780. The van der Waals surface area contributed by atoms with E-state index in [4.69, 9.17) is 0 Å². The van der Waals surface area contributed by atoms with E-state index in [0.717, 1.165) is 22.7 Å². The van der Waals surface area contributed by atoms with Gasteiger partial charge in [0, 0.05) is 65.8 Å². The summed E-state index contributed by atoms with van der Waals surface area (Å²) < 4.78 is 9.83. The molecule has 0 aliphatic rings. The molecule has 0 atom stereocenters. The summed E-state index contributed by atoms with van der Waals surface area (Å²) >= 11 is 0. The number of nitrogens with zero attached hydrogens (tertiary/aromatic N) is 4. The van der Waals surface area contributed by atoms with E-state index in [-0.39, 0.29) is 0 Å². The lowest BCUT2D eigenvalue weighted by Gasteiger charge is -2.14. The number of hydrogen-bond acceptors (Lipinski definition) is 0. The summed E-state index contributed by atoms with van der Waals surface area (Å²) in [6, 6.07) is 75.3. The van der Waals surface area contributed by atoms with Gasteiger partial charge in [-0.2, -0.15) is 0 Å². The molecule has 0 saturated heterocycles. The van der Waals surface area contributed by atoms with Crippen LogP contribution >= 0.6 is 0 Å². The first-order valence-corrected chi connectivity index (χ1v) is 20.0. The fourth-order valence-electron chi connectivity index (χ4n) is 10.0. The minimum atomic E-state index is 1.12. The molecule has 13 rings (SSSR count). The molecule has 0 radical (unpaired) electrons. The fourth-order valence-corrected chi connectivity index (χ4v) is 10.0. The SMILES string of the molecule is c1ccc(-n2c3ccccc3c3c2ccc2c4ccccc4n(-c4cccc(-n5c6ccccc6c6c5ccc5c7ccccc7n(-c7ccccc7)c56)c4)c23)cc1. The molecule has 4 heteroatoms. The van der Waals surface area contributed by atoms with E-state index >= 15 is 0 Å².